The van der Waals surface area contributed by atoms with E-state index < -0.39 is 18.1 Å². The van der Waals surface area contributed by atoms with Gasteiger partial charge in [-0.25, -0.2) is 4.79 Å². The van der Waals surface area contributed by atoms with Crippen molar-refractivity contribution in [2.75, 3.05) is 21.3 Å². The summed E-state index contributed by atoms with van der Waals surface area (Å²) in [5.41, 5.74) is 1.49. The van der Waals surface area contributed by atoms with Crippen molar-refractivity contribution in [3.05, 3.63) is 53.6 Å². The summed E-state index contributed by atoms with van der Waals surface area (Å²) in [6.07, 6.45) is 0.479. The fraction of sp³-hybridized carbons (Fsp3) is 0.333. The second-order valence-electron chi connectivity index (χ2n) is 6.47. The molecule has 0 aromatic heterocycles. The Morgan fingerprint density at radius 3 is 2.14 bits per heavy atom. The van der Waals surface area contributed by atoms with Crippen LogP contribution in [0.2, 0.25) is 0 Å². The van der Waals surface area contributed by atoms with Gasteiger partial charge in [0.25, 0.3) is 0 Å². The van der Waals surface area contributed by atoms with Gasteiger partial charge in [0.15, 0.2) is 11.5 Å². The van der Waals surface area contributed by atoms with Gasteiger partial charge in [0.2, 0.25) is 11.7 Å². The van der Waals surface area contributed by atoms with Crippen LogP contribution in [-0.2, 0) is 9.59 Å². The molecule has 148 valence electrons. The number of amides is 1. The molecular weight excluding hydrogens is 362 g/mol. The number of hydrogen-bond acceptors (Lipinski definition) is 5. The largest absolute Gasteiger partial charge is 0.493 e. The predicted octanol–water partition coefficient (Wildman–Crippen LogP) is 2.88. The van der Waals surface area contributed by atoms with Crippen LogP contribution < -0.4 is 14.2 Å². The summed E-state index contributed by atoms with van der Waals surface area (Å²) in [6, 6.07) is 11.4. The Labute approximate surface area is 163 Å². The minimum atomic E-state index is -1.01. The Balaban J connectivity index is 2.21. The summed E-state index contributed by atoms with van der Waals surface area (Å²) in [5.74, 6) is 0.102. The van der Waals surface area contributed by atoms with Crippen LogP contribution in [0.3, 0.4) is 0 Å². The molecule has 1 fully saturated rings. The Morgan fingerprint density at radius 1 is 1.04 bits per heavy atom. The van der Waals surface area contributed by atoms with Crippen molar-refractivity contribution >= 4 is 11.9 Å². The first-order valence-corrected chi connectivity index (χ1v) is 8.90. The third-order valence-electron chi connectivity index (χ3n) is 4.94. The zero-order valence-corrected chi connectivity index (χ0v) is 16.0. The average molecular weight is 385 g/mol. The molecule has 1 amide bonds. The molecule has 3 rings (SSSR count). The fourth-order valence-corrected chi connectivity index (χ4v) is 3.68. The fourth-order valence-electron chi connectivity index (χ4n) is 3.68. The van der Waals surface area contributed by atoms with Gasteiger partial charge < -0.3 is 24.2 Å². The van der Waals surface area contributed by atoms with E-state index in [1.807, 2.05) is 30.3 Å². The topological polar surface area (TPSA) is 85.3 Å². The Bertz CT molecular complexity index is 841. The molecular formula is C21H23NO6. The molecule has 0 spiro atoms. The van der Waals surface area contributed by atoms with Gasteiger partial charge >= 0.3 is 5.97 Å². The van der Waals surface area contributed by atoms with E-state index in [4.69, 9.17) is 14.2 Å². The molecule has 1 saturated heterocycles. The minimum absolute atomic E-state index is 0.199. The van der Waals surface area contributed by atoms with Gasteiger partial charge in [-0.15, -0.1) is 0 Å². The van der Waals surface area contributed by atoms with Crippen LogP contribution in [0.15, 0.2) is 42.5 Å². The number of carboxylic acids is 1. The van der Waals surface area contributed by atoms with Crippen LogP contribution in [0.4, 0.5) is 0 Å². The number of carbonyl (C=O) groups excluding carboxylic acids is 1. The molecule has 1 heterocycles. The third-order valence-corrected chi connectivity index (χ3v) is 4.94. The lowest BCUT2D eigenvalue weighted by Crippen LogP contribution is -2.41. The highest BCUT2D eigenvalue weighted by Gasteiger charge is 2.42. The van der Waals surface area contributed by atoms with E-state index in [0.717, 1.165) is 5.56 Å². The SMILES string of the molecule is COc1cc(C(c2ccccc2)N2C(=O)CC[C@H]2C(=O)O)cc(OC)c1OC. The van der Waals surface area contributed by atoms with E-state index in [0.29, 0.717) is 22.8 Å². The monoisotopic (exact) mass is 385 g/mol. The summed E-state index contributed by atoms with van der Waals surface area (Å²) in [7, 11) is 4.54. The van der Waals surface area contributed by atoms with Gasteiger partial charge in [0.05, 0.1) is 27.4 Å². The van der Waals surface area contributed by atoms with Crippen molar-refractivity contribution in [3.8, 4) is 17.2 Å². The molecule has 1 aliphatic heterocycles. The number of methoxy groups -OCH3 is 3. The molecule has 1 aliphatic rings. The highest BCUT2D eigenvalue weighted by Crippen LogP contribution is 2.43. The third kappa shape index (κ3) is 3.47. The number of benzene rings is 2. The van der Waals surface area contributed by atoms with Gasteiger partial charge in [-0.05, 0) is 29.7 Å². The number of hydrogen-bond donors (Lipinski definition) is 1. The Morgan fingerprint density at radius 2 is 1.64 bits per heavy atom. The van der Waals surface area contributed by atoms with Crippen molar-refractivity contribution in [2.24, 2.45) is 0 Å². The molecule has 1 unspecified atom stereocenters. The normalized spacial score (nSPS) is 17.3. The zero-order chi connectivity index (χ0) is 20.3. The van der Waals surface area contributed by atoms with Crippen molar-refractivity contribution in [3.63, 3.8) is 0 Å². The maximum atomic E-state index is 12.7. The summed E-state index contributed by atoms with van der Waals surface area (Å²) in [5, 5.41) is 9.66. The van der Waals surface area contributed by atoms with Crippen molar-refractivity contribution < 1.29 is 28.9 Å². The zero-order valence-electron chi connectivity index (χ0n) is 16.0. The van der Waals surface area contributed by atoms with Crippen molar-refractivity contribution in [2.45, 2.75) is 24.9 Å². The molecule has 2 aromatic carbocycles. The van der Waals surface area contributed by atoms with Gasteiger partial charge in [-0.3, -0.25) is 4.79 Å². The molecule has 7 heteroatoms. The number of aliphatic carboxylic acids is 1. The quantitative estimate of drug-likeness (QED) is 0.789. The number of carboxylic acid groups (broad SMARTS) is 1. The highest BCUT2D eigenvalue weighted by molar-refractivity contribution is 5.88. The van der Waals surface area contributed by atoms with Gasteiger partial charge in [-0.1, -0.05) is 30.3 Å². The van der Waals surface area contributed by atoms with E-state index >= 15 is 0 Å². The summed E-state index contributed by atoms with van der Waals surface area (Å²) in [6.45, 7) is 0. The van der Waals surface area contributed by atoms with Crippen LogP contribution in [0, 0.1) is 0 Å². The summed E-state index contributed by atoms with van der Waals surface area (Å²) < 4.78 is 16.3. The smallest absolute Gasteiger partial charge is 0.326 e. The van der Waals surface area contributed by atoms with Gasteiger partial charge in [-0.2, -0.15) is 0 Å². The van der Waals surface area contributed by atoms with Crippen LogP contribution in [-0.4, -0.2) is 49.3 Å². The van der Waals surface area contributed by atoms with Crippen LogP contribution >= 0.6 is 0 Å². The maximum absolute atomic E-state index is 12.7. The predicted molar refractivity (Wildman–Crippen MR) is 102 cm³/mol. The first-order chi connectivity index (χ1) is 13.5. The van der Waals surface area contributed by atoms with Crippen LogP contribution in [0.5, 0.6) is 17.2 Å². The van der Waals surface area contributed by atoms with E-state index in [1.54, 1.807) is 12.1 Å². The first-order valence-electron chi connectivity index (χ1n) is 8.90. The summed E-state index contributed by atoms with van der Waals surface area (Å²) in [4.78, 5) is 25.9. The molecule has 2 atom stereocenters. The highest BCUT2D eigenvalue weighted by atomic mass is 16.5. The number of nitrogens with zero attached hydrogens (tertiary/aromatic N) is 1. The Hall–Kier alpha value is -3.22. The maximum Gasteiger partial charge on any atom is 0.326 e. The molecule has 2 aromatic rings. The molecule has 1 N–H and O–H groups in total. The standard InChI is InChI=1S/C21H23NO6/c1-26-16-11-14(12-17(27-2)20(16)28-3)19(13-7-5-4-6-8-13)22-15(21(24)25)9-10-18(22)23/h4-8,11-12,15,19H,9-10H2,1-3H3,(H,24,25)/t15-,19?/m0/s1. The molecule has 28 heavy (non-hydrogen) atoms. The van der Waals surface area contributed by atoms with E-state index in [1.165, 1.54) is 26.2 Å². The lowest BCUT2D eigenvalue weighted by molar-refractivity contribution is -0.147. The number of likely N-dealkylation sites (tertiary alicyclic amines) is 1. The van der Waals surface area contributed by atoms with Crippen LogP contribution in [0.25, 0.3) is 0 Å². The molecule has 7 nitrogen and oxygen atoms in total. The van der Waals surface area contributed by atoms with Crippen LogP contribution in [0.1, 0.15) is 30.0 Å². The van der Waals surface area contributed by atoms with Crippen molar-refractivity contribution in [1.29, 1.82) is 0 Å². The lowest BCUT2D eigenvalue weighted by atomic mass is 9.95. The lowest BCUT2D eigenvalue weighted by Gasteiger charge is -2.33. The minimum Gasteiger partial charge on any atom is -0.493 e. The summed E-state index contributed by atoms with van der Waals surface area (Å²) >= 11 is 0. The van der Waals surface area contributed by atoms with E-state index in [9.17, 15) is 14.7 Å². The number of ether oxygens (including phenoxy) is 3. The second-order valence-corrected chi connectivity index (χ2v) is 6.47. The van der Waals surface area contributed by atoms with Gasteiger partial charge in [0, 0.05) is 6.42 Å². The molecule has 0 bridgehead atoms. The van der Waals surface area contributed by atoms with E-state index in [2.05, 4.69) is 0 Å². The van der Waals surface area contributed by atoms with Crippen molar-refractivity contribution in [1.82, 2.24) is 4.90 Å². The second kappa shape index (κ2) is 8.21. The number of rotatable bonds is 7. The number of carbonyl (C=O) groups is 2. The van der Waals surface area contributed by atoms with E-state index in [-0.39, 0.29) is 18.7 Å². The molecule has 0 saturated carbocycles. The molecule has 0 aliphatic carbocycles. The molecule has 0 radical (unpaired) electrons. The first kappa shape index (κ1) is 19.5. The van der Waals surface area contributed by atoms with Gasteiger partial charge in [0.1, 0.15) is 6.04 Å². The Kier molecular flexibility index (Phi) is 5.73. The average Bonchev–Trinajstić information content (AvgIpc) is 3.09.